The fraction of sp³-hybridized carbons (Fsp3) is 0.273. The summed E-state index contributed by atoms with van der Waals surface area (Å²) in [4.78, 5) is 9.67. The molecule has 7 heteroatoms. The van der Waals surface area contributed by atoms with Crippen LogP contribution in [0.3, 0.4) is 0 Å². The summed E-state index contributed by atoms with van der Waals surface area (Å²) < 4.78 is 2.68. The van der Waals surface area contributed by atoms with Crippen molar-refractivity contribution >= 4 is 21.6 Å². The number of hydrogen-bond donors (Lipinski definition) is 0. The van der Waals surface area contributed by atoms with E-state index < -0.39 is 0 Å². The maximum Gasteiger partial charge on any atom is 0.152 e. The Labute approximate surface area is 112 Å². The molecule has 2 aromatic rings. The first-order valence-electron chi connectivity index (χ1n) is 5.50. The highest BCUT2D eigenvalue weighted by molar-refractivity contribution is 9.10. The van der Waals surface area contributed by atoms with Crippen LogP contribution in [0.2, 0.25) is 0 Å². The van der Waals surface area contributed by atoms with Crippen molar-refractivity contribution in [3.63, 3.8) is 0 Å². The fourth-order valence-electron chi connectivity index (χ4n) is 1.76. The van der Waals surface area contributed by atoms with Gasteiger partial charge in [0.2, 0.25) is 0 Å². The van der Waals surface area contributed by atoms with E-state index in [-0.39, 0.29) is 6.10 Å². The monoisotopic (exact) mass is 307 g/mol. The molecular weight excluding hydrogens is 298 g/mol. The van der Waals surface area contributed by atoms with Crippen molar-refractivity contribution in [2.75, 3.05) is 0 Å². The summed E-state index contributed by atoms with van der Waals surface area (Å²) in [5.41, 5.74) is 1.71. The Morgan fingerprint density at radius 3 is 3.11 bits per heavy atom. The van der Waals surface area contributed by atoms with E-state index in [2.05, 4.69) is 36.4 Å². The molecule has 0 N–H and O–H groups in total. The van der Waals surface area contributed by atoms with Gasteiger partial charge in [0.15, 0.2) is 6.10 Å². The van der Waals surface area contributed by atoms with Gasteiger partial charge in [-0.1, -0.05) is 10.4 Å². The molecule has 0 aliphatic carbocycles. The summed E-state index contributed by atoms with van der Waals surface area (Å²) in [6.45, 7) is 0.642. The summed E-state index contributed by atoms with van der Waals surface area (Å²) in [5.74, 6) is 0. The number of hydrogen-bond acceptors (Lipinski definition) is 5. The first-order valence-corrected chi connectivity index (χ1v) is 6.29. The second kappa shape index (κ2) is 4.85. The lowest BCUT2D eigenvalue weighted by atomic mass is 10.1. The Morgan fingerprint density at radius 1 is 1.44 bits per heavy atom. The predicted octanol–water partition coefficient (Wildman–Crippen LogP) is 1.63. The number of oxime groups is 1. The van der Waals surface area contributed by atoms with Gasteiger partial charge >= 0.3 is 0 Å². The molecule has 0 fully saturated rings. The van der Waals surface area contributed by atoms with Gasteiger partial charge in [0, 0.05) is 23.3 Å². The van der Waals surface area contributed by atoms with Gasteiger partial charge in [-0.3, -0.25) is 4.98 Å². The molecule has 0 saturated carbocycles. The lowest BCUT2D eigenvalue weighted by molar-refractivity contribution is 0.0693. The second-order valence-electron chi connectivity index (χ2n) is 3.96. The lowest BCUT2D eigenvalue weighted by Gasteiger charge is -2.06. The molecule has 3 heterocycles. The van der Waals surface area contributed by atoms with Gasteiger partial charge in [-0.25, -0.2) is 4.68 Å². The fourth-order valence-corrected chi connectivity index (χ4v) is 2.00. The Bertz CT molecular complexity index is 551. The molecule has 18 heavy (non-hydrogen) atoms. The number of pyridine rings is 1. The third-order valence-corrected chi connectivity index (χ3v) is 3.09. The van der Waals surface area contributed by atoms with Crippen molar-refractivity contribution in [1.29, 1.82) is 0 Å². The van der Waals surface area contributed by atoms with E-state index in [0.717, 1.165) is 22.3 Å². The molecule has 0 spiro atoms. The smallest absolute Gasteiger partial charge is 0.152 e. The standard InChI is InChI=1S/C11H10BrN5O/c12-8-1-2-10(13-6-8)11-5-9(18-15-11)7-17-4-3-14-16-17/h1-4,6,9H,5,7H2. The molecule has 92 valence electrons. The zero-order valence-electron chi connectivity index (χ0n) is 9.40. The van der Waals surface area contributed by atoms with Crippen LogP contribution in [0.15, 0.2) is 40.4 Å². The zero-order valence-corrected chi connectivity index (χ0v) is 11.0. The highest BCUT2D eigenvalue weighted by Gasteiger charge is 2.23. The van der Waals surface area contributed by atoms with Gasteiger partial charge in [-0.05, 0) is 28.1 Å². The first kappa shape index (κ1) is 11.3. The van der Waals surface area contributed by atoms with Crippen molar-refractivity contribution in [3.05, 3.63) is 40.9 Å². The van der Waals surface area contributed by atoms with Crippen molar-refractivity contribution in [2.45, 2.75) is 19.1 Å². The summed E-state index contributed by atoms with van der Waals surface area (Å²) >= 11 is 3.35. The van der Waals surface area contributed by atoms with E-state index in [4.69, 9.17) is 4.84 Å². The first-order chi connectivity index (χ1) is 8.81. The average Bonchev–Trinajstić information content (AvgIpc) is 3.02. The van der Waals surface area contributed by atoms with Crippen molar-refractivity contribution in [2.24, 2.45) is 5.16 Å². The van der Waals surface area contributed by atoms with Gasteiger partial charge < -0.3 is 4.84 Å². The van der Waals surface area contributed by atoms with Gasteiger partial charge in [0.05, 0.1) is 18.4 Å². The molecule has 1 aliphatic rings. The number of halogens is 1. The zero-order chi connectivity index (χ0) is 12.4. The second-order valence-corrected chi connectivity index (χ2v) is 4.87. The Morgan fingerprint density at radius 2 is 2.39 bits per heavy atom. The highest BCUT2D eigenvalue weighted by Crippen LogP contribution is 2.17. The van der Waals surface area contributed by atoms with Crippen molar-refractivity contribution in [1.82, 2.24) is 20.0 Å². The molecular formula is C11H10BrN5O. The molecule has 0 radical (unpaired) electrons. The van der Waals surface area contributed by atoms with Crippen LogP contribution < -0.4 is 0 Å². The highest BCUT2D eigenvalue weighted by atomic mass is 79.9. The minimum Gasteiger partial charge on any atom is -0.390 e. The van der Waals surface area contributed by atoms with E-state index in [1.54, 1.807) is 23.3 Å². The van der Waals surface area contributed by atoms with Gasteiger partial charge in [-0.2, -0.15) is 0 Å². The molecule has 0 bridgehead atoms. The summed E-state index contributed by atoms with van der Waals surface area (Å²) in [6.07, 6.45) is 5.93. The van der Waals surface area contributed by atoms with Crippen molar-refractivity contribution in [3.8, 4) is 0 Å². The van der Waals surface area contributed by atoms with Gasteiger partial charge in [0.25, 0.3) is 0 Å². The Hall–Kier alpha value is -1.76. The normalized spacial score (nSPS) is 18.5. The minimum absolute atomic E-state index is 0.00727. The molecule has 1 unspecified atom stereocenters. The molecule has 0 saturated heterocycles. The Balaban J connectivity index is 1.65. The molecule has 0 aromatic carbocycles. The minimum atomic E-state index is -0.00727. The topological polar surface area (TPSA) is 65.2 Å². The summed E-state index contributed by atoms with van der Waals surface area (Å²) in [7, 11) is 0. The molecule has 3 rings (SSSR count). The predicted molar refractivity (Wildman–Crippen MR) is 68.0 cm³/mol. The van der Waals surface area contributed by atoms with Crippen LogP contribution in [-0.4, -0.2) is 31.8 Å². The van der Waals surface area contributed by atoms with Crippen LogP contribution in [0.5, 0.6) is 0 Å². The lowest BCUT2D eigenvalue weighted by Crippen LogP contribution is -2.17. The van der Waals surface area contributed by atoms with Crippen LogP contribution in [0.4, 0.5) is 0 Å². The van der Waals surface area contributed by atoms with Gasteiger partial charge in [0.1, 0.15) is 5.71 Å². The van der Waals surface area contributed by atoms with E-state index in [9.17, 15) is 0 Å². The molecule has 2 aromatic heterocycles. The SMILES string of the molecule is Brc1ccc(C2=NOC(Cn3ccnn3)C2)nc1. The number of aromatic nitrogens is 4. The molecule has 1 atom stereocenters. The molecule has 1 aliphatic heterocycles. The summed E-state index contributed by atoms with van der Waals surface area (Å²) in [5, 5.41) is 11.7. The number of rotatable bonds is 3. The van der Waals surface area contributed by atoms with Crippen LogP contribution in [0, 0.1) is 0 Å². The third kappa shape index (κ3) is 2.40. The largest absolute Gasteiger partial charge is 0.390 e. The Kier molecular flexibility index (Phi) is 3.06. The van der Waals surface area contributed by atoms with Gasteiger partial charge in [-0.15, -0.1) is 5.10 Å². The summed E-state index contributed by atoms with van der Waals surface area (Å²) in [6, 6.07) is 3.86. The van der Waals surface area contributed by atoms with E-state index in [1.165, 1.54) is 0 Å². The third-order valence-electron chi connectivity index (χ3n) is 2.62. The van der Waals surface area contributed by atoms with Crippen LogP contribution in [-0.2, 0) is 11.4 Å². The van der Waals surface area contributed by atoms with E-state index in [1.807, 2.05) is 12.1 Å². The van der Waals surface area contributed by atoms with Crippen LogP contribution in [0.25, 0.3) is 0 Å². The maximum atomic E-state index is 5.37. The van der Waals surface area contributed by atoms with Crippen LogP contribution >= 0.6 is 15.9 Å². The average molecular weight is 308 g/mol. The molecule has 0 amide bonds. The van der Waals surface area contributed by atoms with E-state index >= 15 is 0 Å². The number of nitrogens with zero attached hydrogens (tertiary/aromatic N) is 5. The van der Waals surface area contributed by atoms with Crippen molar-refractivity contribution < 1.29 is 4.84 Å². The maximum absolute atomic E-state index is 5.37. The quantitative estimate of drug-likeness (QED) is 0.864. The van der Waals surface area contributed by atoms with Crippen LogP contribution in [0.1, 0.15) is 12.1 Å². The van der Waals surface area contributed by atoms with E-state index in [0.29, 0.717) is 6.54 Å². The molecule has 6 nitrogen and oxygen atoms in total.